The van der Waals surface area contributed by atoms with E-state index in [1.807, 2.05) is 37.3 Å². The number of benzene rings is 2. The highest BCUT2D eigenvalue weighted by atomic mass is 32.2. The molecule has 2 atom stereocenters. The summed E-state index contributed by atoms with van der Waals surface area (Å²) in [7, 11) is -2.49. The molecule has 0 radical (unpaired) electrons. The zero-order valence-corrected chi connectivity index (χ0v) is 18.2. The highest BCUT2D eigenvalue weighted by Crippen LogP contribution is 2.49. The van der Waals surface area contributed by atoms with Gasteiger partial charge in [0, 0.05) is 19.0 Å². The second kappa shape index (κ2) is 8.58. The van der Waals surface area contributed by atoms with Crippen molar-refractivity contribution in [2.24, 2.45) is 5.41 Å². The van der Waals surface area contributed by atoms with E-state index in [0.29, 0.717) is 5.57 Å². The minimum absolute atomic E-state index is 0.0134. The van der Waals surface area contributed by atoms with Crippen molar-refractivity contribution in [1.29, 1.82) is 0 Å². The van der Waals surface area contributed by atoms with Crippen molar-refractivity contribution in [2.75, 3.05) is 20.2 Å². The smallest absolute Gasteiger partial charge is 0.314 e. The number of nitrogens with zero attached hydrogens (tertiary/aromatic N) is 1. The Kier molecular flexibility index (Phi) is 6.29. The fourth-order valence-corrected chi connectivity index (χ4v) is 5.82. The van der Waals surface area contributed by atoms with E-state index in [4.69, 9.17) is 4.74 Å². The van der Waals surface area contributed by atoms with Gasteiger partial charge in [0.1, 0.15) is 0 Å². The molecule has 6 heteroatoms. The molecule has 0 unspecified atom stereocenters. The van der Waals surface area contributed by atoms with Crippen molar-refractivity contribution in [3.05, 3.63) is 90.5 Å². The molecule has 5 nitrogen and oxygen atoms in total. The number of ether oxygens (including phenoxy) is 1. The Balaban J connectivity index is 2.12. The van der Waals surface area contributed by atoms with Crippen LogP contribution in [-0.2, 0) is 19.6 Å². The Morgan fingerprint density at radius 2 is 1.83 bits per heavy atom. The summed E-state index contributed by atoms with van der Waals surface area (Å²) >= 11 is 0. The zero-order chi connectivity index (χ0) is 21.9. The SMILES string of the molecule is C=CC[C@@]1(C(=O)OC)CN(S(=O)(=O)c2ccc(C)cc2)CC(=C)[C@@H]1c1ccccc1. The van der Waals surface area contributed by atoms with Crippen LogP contribution in [0.25, 0.3) is 0 Å². The average molecular weight is 426 g/mol. The Bertz CT molecular complexity index is 1040. The summed E-state index contributed by atoms with van der Waals surface area (Å²) in [4.78, 5) is 13.3. The van der Waals surface area contributed by atoms with E-state index in [9.17, 15) is 13.2 Å². The zero-order valence-electron chi connectivity index (χ0n) is 17.4. The first-order chi connectivity index (χ1) is 14.3. The number of piperidine rings is 1. The molecule has 1 heterocycles. The van der Waals surface area contributed by atoms with E-state index < -0.39 is 21.4 Å². The van der Waals surface area contributed by atoms with Crippen LogP contribution in [0, 0.1) is 12.3 Å². The molecule has 3 rings (SSSR count). The lowest BCUT2D eigenvalue weighted by Gasteiger charge is -2.46. The molecule has 158 valence electrons. The summed E-state index contributed by atoms with van der Waals surface area (Å²) in [6.07, 6.45) is 1.90. The molecule has 0 amide bonds. The highest BCUT2D eigenvalue weighted by Gasteiger charge is 2.53. The third-order valence-electron chi connectivity index (χ3n) is 5.69. The van der Waals surface area contributed by atoms with Crippen molar-refractivity contribution in [3.63, 3.8) is 0 Å². The fraction of sp³-hybridized carbons (Fsp3) is 0.292. The average Bonchev–Trinajstić information content (AvgIpc) is 2.74. The molecule has 2 aromatic rings. The molecular formula is C24H27NO4S. The van der Waals surface area contributed by atoms with E-state index in [1.165, 1.54) is 11.4 Å². The van der Waals surface area contributed by atoms with Crippen LogP contribution in [0.5, 0.6) is 0 Å². The fourth-order valence-electron chi connectivity index (χ4n) is 4.31. The van der Waals surface area contributed by atoms with Gasteiger partial charge in [0.2, 0.25) is 10.0 Å². The van der Waals surface area contributed by atoms with Gasteiger partial charge in [-0.05, 0) is 31.0 Å². The number of esters is 1. The quantitative estimate of drug-likeness (QED) is 0.517. The summed E-state index contributed by atoms with van der Waals surface area (Å²) in [6, 6.07) is 16.2. The van der Waals surface area contributed by atoms with Gasteiger partial charge in [-0.25, -0.2) is 8.42 Å². The van der Waals surface area contributed by atoms with E-state index >= 15 is 0 Å². The van der Waals surface area contributed by atoms with Gasteiger partial charge in [-0.3, -0.25) is 4.79 Å². The Morgan fingerprint density at radius 3 is 2.40 bits per heavy atom. The first-order valence-corrected chi connectivity index (χ1v) is 11.2. The lowest BCUT2D eigenvalue weighted by Crippen LogP contribution is -2.54. The molecule has 0 saturated carbocycles. The molecule has 1 fully saturated rings. The summed E-state index contributed by atoms with van der Waals surface area (Å²) in [5, 5.41) is 0. The van der Waals surface area contributed by atoms with Crippen molar-refractivity contribution in [3.8, 4) is 0 Å². The second-order valence-electron chi connectivity index (χ2n) is 7.73. The Hall–Kier alpha value is -2.70. The van der Waals surface area contributed by atoms with E-state index in [0.717, 1.165) is 11.1 Å². The predicted octanol–water partition coefficient (Wildman–Crippen LogP) is 4.07. The molecule has 0 aromatic heterocycles. The van der Waals surface area contributed by atoms with Crippen LogP contribution in [0.3, 0.4) is 0 Å². The van der Waals surface area contributed by atoms with Gasteiger partial charge >= 0.3 is 5.97 Å². The standard InChI is InChI=1S/C24H27NO4S/c1-5-15-24(23(26)29-4)17-25(30(27,28)21-13-11-18(2)12-14-21)16-19(3)22(24)20-9-7-6-8-10-20/h5-14,22H,1,3,15-17H2,2,4H3/t22-,24-/m1/s1. The maximum Gasteiger partial charge on any atom is 0.314 e. The van der Waals surface area contributed by atoms with E-state index in [2.05, 4.69) is 13.2 Å². The van der Waals surface area contributed by atoms with Crippen LogP contribution >= 0.6 is 0 Å². The van der Waals surface area contributed by atoms with Gasteiger partial charge in [0.15, 0.2) is 0 Å². The molecule has 0 bridgehead atoms. The van der Waals surface area contributed by atoms with Crippen molar-refractivity contribution in [2.45, 2.75) is 24.2 Å². The number of carbonyl (C=O) groups excluding carboxylic acids is 1. The van der Waals surface area contributed by atoms with Crippen LogP contribution in [0.4, 0.5) is 0 Å². The highest BCUT2D eigenvalue weighted by molar-refractivity contribution is 7.89. The minimum atomic E-state index is -3.82. The van der Waals surface area contributed by atoms with Gasteiger partial charge in [-0.2, -0.15) is 4.31 Å². The van der Waals surface area contributed by atoms with Crippen LogP contribution < -0.4 is 0 Å². The van der Waals surface area contributed by atoms with Gasteiger partial charge in [0.25, 0.3) is 0 Å². The molecular weight excluding hydrogens is 398 g/mol. The second-order valence-corrected chi connectivity index (χ2v) is 9.67. The number of rotatable bonds is 6. The number of methoxy groups -OCH3 is 1. The number of allylic oxidation sites excluding steroid dienone is 1. The van der Waals surface area contributed by atoms with Crippen LogP contribution in [-0.4, -0.2) is 38.9 Å². The Morgan fingerprint density at radius 1 is 1.20 bits per heavy atom. The van der Waals surface area contributed by atoms with Gasteiger partial charge in [-0.15, -0.1) is 6.58 Å². The number of hydrogen-bond acceptors (Lipinski definition) is 4. The monoisotopic (exact) mass is 425 g/mol. The van der Waals surface area contributed by atoms with E-state index in [-0.39, 0.29) is 30.3 Å². The summed E-state index contributed by atoms with van der Waals surface area (Å²) < 4.78 is 33.3. The maximum absolute atomic E-state index is 13.4. The molecule has 1 aliphatic rings. The van der Waals surface area contributed by atoms with Gasteiger partial charge in [-0.1, -0.05) is 66.3 Å². The van der Waals surface area contributed by atoms with E-state index in [1.54, 1.807) is 30.3 Å². The molecule has 0 aliphatic carbocycles. The topological polar surface area (TPSA) is 63.7 Å². The van der Waals surface area contributed by atoms with Crippen molar-refractivity contribution in [1.82, 2.24) is 4.31 Å². The van der Waals surface area contributed by atoms with Crippen LogP contribution in [0.15, 0.2) is 84.3 Å². The normalized spacial score (nSPS) is 22.5. The molecule has 0 spiro atoms. The third kappa shape index (κ3) is 3.85. The van der Waals surface area contributed by atoms with Gasteiger partial charge in [0.05, 0.1) is 17.4 Å². The first kappa shape index (κ1) is 22.0. The van der Waals surface area contributed by atoms with Crippen molar-refractivity contribution >= 4 is 16.0 Å². The maximum atomic E-state index is 13.4. The lowest BCUT2D eigenvalue weighted by molar-refractivity contribution is -0.155. The predicted molar refractivity (Wildman–Crippen MR) is 118 cm³/mol. The van der Waals surface area contributed by atoms with Crippen LogP contribution in [0.1, 0.15) is 23.5 Å². The number of carbonyl (C=O) groups is 1. The lowest BCUT2D eigenvalue weighted by atomic mass is 9.64. The summed E-state index contributed by atoms with van der Waals surface area (Å²) in [6.45, 7) is 10.0. The van der Waals surface area contributed by atoms with Crippen LogP contribution in [0.2, 0.25) is 0 Å². The molecule has 30 heavy (non-hydrogen) atoms. The largest absolute Gasteiger partial charge is 0.469 e. The Labute approximate surface area is 178 Å². The number of hydrogen-bond donors (Lipinski definition) is 0. The molecule has 1 aliphatic heterocycles. The number of aryl methyl sites for hydroxylation is 1. The molecule has 2 aromatic carbocycles. The molecule has 0 N–H and O–H groups in total. The third-order valence-corrected chi connectivity index (χ3v) is 7.50. The molecule has 1 saturated heterocycles. The number of sulfonamides is 1. The summed E-state index contributed by atoms with van der Waals surface area (Å²) in [5.41, 5.74) is 1.37. The van der Waals surface area contributed by atoms with Crippen molar-refractivity contribution < 1.29 is 17.9 Å². The van der Waals surface area contributed by atoms with Gasteiger partial charge < -0.3 is 4.74 Å². The summed E-state index contributed by atoms with van der Waals surface area (Å²) in [5.74, 6) is -0.852. The minimum Gasteiger partial charge on any atom is -0.469 e. The first-order valence-electron chi connectivity index (χ1n) is 9.75.